The number of aromatic nitrogens is 1. The average Bonchev–Trinajstić information content (AvgIpc) is 3.29. The molecule has 170 valence electrons. The largest absolute Gasteiger partial charge is 0.459 e. The Hall–Kier alpha value is -3.27. The number of rotatable bonds is 6. The minimum atomic E-state index is -0.685. The molecule has 0 aliphatic carbocycles. The molecule has 7 nitrogen and oxygen atoms in total. The fourth-order valence-corrected chi connectivity index (χ4v) is 5.32. The minimum Gasteiger partial charge on any atom is -0.459 e. The molecule has 2 aromatic heterocycles. The number of pyridine rings is 1. The molecule has 0 saturated carbocycles. The first-order valence-electron chi connectivity index (χ1n) is 10.2. The smallest absolute Gasteiger partial charge is 0.338 e. The van der Waals surface area contributed by atoms with Gasteiger partial charge in [-0.25, -0.2) is 9.78 Å². The third-order valence-corrected chi connectivity index (χ3v) is 7.21. The Bertz CT molecular complexity index is 1230. The first-order chi connectivity index (χ1) is 15.7. The van der Waals surface area contributed by atoms with E-state index in [9.17, 15) is 15.3 Å². The Kier molecular flexibility index (Phi) is 7.47. The van der Waals surface area contributed by atoms with Crippen LogP contribution in [-0.2, 0) is 14.3 Å². The van der Waals surface area contributed by atoms with Gasteiger partial charge < -0.3 is 15.2 Å². The first kappa shape index (κ1) is 24.4. The van der Waals surface area contributed by atoms with Gasteiger partial charge in [-0.05, 0) is 57.2 Å². The summed E-state index contributed by atoms with van der Waals surface area (Å²) in [6.07, 6.45) is -0.356. The SMILES string of the molecule is Cc1nc(SCC2=C(C(=O)OC(C)C)[C@H](c3cccs3)C(C#N)=C(N)O2)c(C#N)c(C)c1C. The molecule has 1 aliphatic rings. The standard InChI is InChI=1S/C24H24N4O3S2/c1-12(2)30-24(29)21-18(11-33-23-16(9-25)14(4)13(3)15(5)28-23)31-22(27)17(10-26)20(21)19-7-6-8-32-19/h6-8,12,20H,11,27H2,1-5H3/t20-/m0/s1. The number of nitriles is 2. The zero-order chi connectivity index (χ0) is 24.3. The second-order valence-electron chi connectivity index (χ2n) is 7.76. The number of carbonyl (C=O) groups excluding carboxylic acids is 1. The highest BCUT2D eigenvalue weighted by molar-refractivity contribution is 7.99. The summed E-state index contributed by atoms with van der Waals surface area (Å²) in [4.78, 5) is 18.5. The van der Waals surface area contributed by atoms with Gasteiger partial charge in [0, 0.05) is 10.6 Å². The maximum atomic E-state index is 13.2. The van der Waals surface area contributed by atoms with Crippen LogP contribution in [0.3, 0.4) is 0 Å². The highest BCUT2D eigenvalue weighted by atomic mass is 32.2. The maximum absolute atomic E-state index is 13.2. The summed E-state index contributed by atoms with van der Waals surface area (Å²) >= 11 is 2.70. The minimum absolute atomic E-state index is 0.0441. The van der Waals surface area contributed by atoms with Gasteiger partial charge in [0.25, 0.3) is 0 Å². The zero-order valence-electron chi connectivity index (χ0n) is 19.1. The molecule has 0 fully saturated rings. The van der Waals surface area contributed by atoms with Crippen molar-refractivity contribution in [1.82, 2.24) is 4.98 Å². The quantitative estimate of drug-likeness (QED) is 0.464. The molecule has 2 N–H and O–H groups in total. The molecule has 0 unspecified atom stereocenters. The Morgan fingerprint density at radius 3 is 2.61 bits per heavy atom. The van der Waals surface area contributed by atoms with Gasteiger partial charge in [-0.1, -0.05) is 17.8 Å². The Morgan fingerprint density at radius 1 is 1.30 bits per heavy atom. The molecule has 0 bridgehead atoms. The number of nitrogens with two attached hydrogens (primary N) is 1. The lowest BCUT2D eigenvalue weighted by atomic mass is 9.87. The second kappa shape index (κ2) is 10.1. The third-order valence-electron chi connectivity index (χ3n) is 5.30. The van der Waals surface area contributed by atoms with E-state index in [1.165, 1.54) is 23.1 Å². The van der Waals surface area contributed by atoms with E-state index in [0.717, 1.165) is 21.7 Å². The summed E-state index contributed by atoms with van der Waals surface area (Å²) in [5, 5.41) is 21.9. The zero-order valence-corrected chi connectivity index (χ0v) is 20.7. The van der Waals surface area contributed by atoms with Crippen LogP contribution in [0.5, 0.6) is 0 Å². The van der Waals surface area contributed by atoms with Crippen LogP contribution >= 0.6 is 23.1 Å². The fourth-order valence-electron chi connectivity index (χ4n) is 3.45. The van der Waals surface area contributed by atoms with Crippen molar-refractivity contribution >= 4 is 29.1 Å². The molecule has 0 amide bonds. The van der Waals surface area contributed by atoms with E-state index in [1.54, 1.807) is 13.8 Å². The molecular formula is C24H24N4O3S2. The summed E-state index contributed by atoms with van der Waals surface area (Å²) in [6.45, 7) is 9.23. The first-order valence-corrected chi connectivity index (χ1v) is 12.1. The lowest BCUT2D eigenvalue weighted by molar-refractivity contribution is -0.143. The number of allylic oxidation sites excluding steroid dienone is 1. The van der Waals surface area contributed by atoms with Crippen molar-refractivity contribution < 1.29 is 14.3 Å². The summed E-state index contributed by atoms with van der Waals surface area (Å²) < 4.78 is 11.3. The van der Waals surface area contributed by atoms with Crippen molar-refractivity contribution in [3.05, 3.63) is 67.6 Å². The number of carbonyl (C=O) groups is 1. The van der Waals surface area contributed by atoms with Crippen LogP contribution in [0.2, 0.25) is 0 Å². The lowest BCUT2D eigenvalue weighted by Crippen LogP contribution is -2.27. The Labute approximate surface area is 201 Å². The number of ether oxygens (including phenoxy) is 2. The van der Waals surface area contributed by atoms with Crippen LogP contribution in [0.25, 0.3) is 0 Å². The van der Waals surface area contributed by atoms with Crippen molar-refractivity contribution in [2.24, 2.45) is 5.73 Å². The van der Waals surface area contributed by atoms with Crippen molar-refractivity contribution in [1.29, 1.82) is 10.5 Å². The van der Waals surface area contributed by atoms with E-state index in [0.29, 0.717) is 16.3 Å². The Balaban J connectivity index is 2.10. The third kappa shape index (κ3) is 4.90. The number of aryl methyl sites for hydroxylation is 1. The van der Waals surface area contributed by atoms with E-state index >= 15 is 0 Å². The van der Waals surface area contributed by atoms with Crippen LogP contribution in [0, 0.1) is 43.4 Å². The van der Waals surface area contributed by atoms with Crippen molar-refractivity contribution in [3.8, 4) is 12.1 Å². The van der Waals surface area contributed by atoms with E-state index in [2.05, 4.69) is 17.1 Å². The van der Waals surface area contributed by atoms with Gasteiger partial charge in [-0.15, -0.1) is 11.3 Å². The second-order valence-corrected chi connectivity index (χ2v) is 9.70. The predicted molar refractivity (Wildman–Crippen MR) is 127 cm³/mol. The molecule has 9 heteroatoms. The van der Waals surface area contributed by atoms with Gasteiger partial charge >= 0.3 is 5.97 Å². The normalized spacial score (nSPS) is 15.8. The van der Waals surface area contributed by atoms with Gasteiger partial charge in [0.15, 0.2) is 0 Å². The molecule has 0 saturated heterocycles. The lowest BCUT2D eigenvalue weighted by Gasteiger charge is -2.27. The predicted octanol–water partition coefficient (Wildman–Crippen LogP) is 4.75. The Morgan fingerprint density at radius 2 is 2.03 bits per heavy atom. The fraction of sp³-hybridized carbons (Fsp3) is 0.333. The van der Waals surface area contributed by atoms with Gasteiger partial charge in [0.05, 0.1) is 28.9 Å². The van der Waals surface area contributed by atoms with Gasteiger partial charge in [-0.2, -0.15) is 10.5 Å². The van der Waals surface area contributed by atoms with Crippen molar-refractivity contribution in [3.63, 3.8) is 0 Å². The van der Waals surface area contributed by atoms with Crippen molar-refractivity contribution in [2.45, 2.75) is 51.7 Å². The molecule has 0 spiro atoms. The van der Waals surface area contributed by atoms with Gasteiger partial charge in [0.1, 0.15) is 28.5 Å². The van der Waals surface area contributed by atoms with E-state index in [1.807, 2.05) is 38.3 Å². The molecule has 1 aliphatic heterocycles. The number of thioether (sulfide) groups is 1. The van der Waals surface area contributed by atoms with Gasteiger partial charge in [0.2, 0.25) is 5.88 Å². The molecule has 0 aromatic carbocycles. The highest BCUT2D eigenvalue weighted by Crippen LogP contribution is 2.43. The van der Waals surface area contributed by atoms with E-state index in [-0.39, 0.29) is 28.9 Å². The number of esters is 1. The number of hydrogen-bond acceptors (Lipinski definition) is 9. The van der Waals surface area contributed by atoms with Crippen LogP contribution in [-0.4, -0.2) is 22.8 Å². The molecule has 3 rings (SSSR count). The maximum Gasteiger partial charge on any atom is 0.338 e. The number of thiophene rings is 1. The molecule has 1 atom stereocenters. The molecule has 2 aromatic rings. The summed E-state index contributed by atoms with van der Waals surface area (Å²) in [6, 6.07) is 8.02. The molecule has 0 radical (unpaired) electrons. The topological polar surface area (TPSA) is 122 Å². The summed E-state index contributed by atoms with van der Waals surface area (Å²) in [7, 11) is 0. The molecule has 33 heavy (non-hydrogen) atoms. The highest BCUT2D eigenvalue weighted by Gasteiger charge is 2.38. The van der Waals surface area contributed by atoms with Crippen LogP contribution in [0.1, 0.15) is 47.0 Å². The summed E-state index contributed by atoms with van der Waals surface area (Å²) in [5.41, 5.74) is 9.67. The van der Waals surface area contributed by atoms with Crippen molar-refractivity contribution in [2.75, 3.05) is 5.75 Å². The summed E-state index contributed by atoms with van der Waals surface area (Å²) in [5.74, 6) is -0.813. The molecule has 3 heterocycles. The van der Waals surface area contributed by atoms with Crippen LogP contribution in [0.4, 0.5) is 0 Å². The number of nitrogens with zero attached hydrogens (tertiary/aromatic N) is 3. The van der Waals surface area contributed by atoms with Crippen LogP contribution in [0.15, 0.2) is 45.3 Å². The van der Waals surface area contributed by atoms with Crippen LogP contribution < -0.4 is 5.73 Å². The van der Waals surface area contributed by atoms with E-state index < -0.39 is 11.9 Å². The molecular weight excluding hydrogens is 456 g/mol. The van der Waals surface area contributed by atoms with Gasteiger partial charge in [-0.3, -0.25) is 0 Å². The van der Waals surface area contributed by atoms with E-state index in [4.69, 9.17) is 15.2 Å². The monoisotopic (exact) mass is 480 g/mol. The average molecular weight is 481 g/mol. The number of hydrogen-bond donors (Lipinski definition) is 1.